The van der Waals surface area contributed by atoms with Gasteiger partial charge in [-0.15, -0.1) is 0 Å². The lowest BCUT2D eigenvalue weighted by molar-refractivity contribution is -0.137. The van der Waals surface area contributed by atoms with Gasteiger partial charge in [0.2, 0.25) is 0 Å². The second-order valence-corrected chi connectivity index (χ2v) is 3.91. The van der Waals surface area contributed by atoms with Gasteiger partial charge in [0, 0.05) is 27.2 Å². The third-order valence-electron chi connectivity index (χ3n) is 2.20. The summed E-state index contributed by atoms with van der Waals surface area (Å²) in [5.41, 5.74) is 0. The van der Waals surface area contributed by atoms with Gasteiger partial charge in [-0.1, -0.05) is 0 Å². The van der Waals surface area contributed by atoms with E-state index in [1.165, 1.54) is 9.80 Å². The van der Waals surface area contributed by atoms with Gasteiger partial charge in [-0.25, -0.2) is 4.79 Å². The van der Waals surface area contributed by atoms with Crippen molar-refractivity contribution in [3.8, 4) is 0 Å². The predicted molar refractivity (Wildman–Crippen MR) is 59.2 cm³/mol. The molecule has 0 saturated carbocycles. The van der Waals surface area contributed by atoms with E-state index in [9.17, 15) is 9.59 Å². The van der Waals surface area contributed by atoms with Crippen LogP contribution in [0, 0.1) is 0 Å². The van der Waals surface area contributed by atoms with Crippen molar-refractivity contribution in [2.45, 2.75) is 25.9 Å². The first-order valence-electron chi connectivity index (χ1n) is 5.20. The molecule has 6 heteroatoms. The number of nitrogens with zero attached hydrogens (tertiary/aromatic N) is 2. The highest BCUT2D eigenvalue weighted by molar-refractivity contribution is 5.74. The molecule has 6 nitrogen and oxygen atoms in total. The van der Waals surface area contributed by atoms with Gasteiger partial charge in [-0.2, -0.15) is 0 Å². The molecular weight excluding hydrogens is 212 g/mol. The molecule has 0 aliphatic rings. The van der Waals surface area contributed by atoms with Gasteiger partial charge in [0.1, 0.15) is 0 Å². The summed E-state index contributed by atoms with van der Waals surface area (Å²) in [5, 5.41) is 17.5. The Morgan fingerprint density at radius 3 is 2.12 bits per heavy atom. The molecule has 16 heavy (non-hydrogen) atoms. The quantitative estimate of drug-likeness (QED) is 0.686. The maximum Gasteiger partial charge on any atom is 0.319 e. The molecule has 0 rings (SSSR count). The fourth-order valence-electron chi connectivity index (χ4n) is 1.13. The molecule has 0 aliphatic carbocycles. The molecule has 0 aliphatic heterocycles. The molecule has 2 N–H and O–H groups in total. The number of hydrogen-bond acceptors (Lipinski definition) is 3. The molecule has 1 unspecified atom stereocenters. The van der Waals surface area contributed by atoms with E-state index in [1.807, 2.05) is 0 Å². The summed E-state index contributed by atoms with van der Waals surface area (Å²) in [6, 6.07) is -0.234. The minimum absolute atomic E-state index is 0.0630. The molecule has 0 aromatic carbocycles. The van der Waals surface area contributed by atoms with Crippen molar-refractivity contribution in [1.82, 2.24) is 9.80 Å². The Morgan fingerprint density at radius 2 is 1.69 bits per heavy atom. The van der Waals surface area contributed by atoms with Crippen LogP contribution >= 0.6 is 0 Å². The Balaban J connectivity index is 3.96. The average Bonchev–Trinajstić information content (AvgIpc) is 2.21. The Bertz CT molecular complexity index is 243. The van der Waals surface area contributed by atoms with Crippen LogP contribution in [0.15, 0.2) is 0 Å². The van der Waals surface area contributed by atoms with Crippen molar-refractivity contribution in [2.75, 3.05) is 27.2 Å². The fourth-order valence-corrected chi connectivity index (χ4v) is 1.13. The number of carbonyl (C=O) groups excluding carboxylic acids is 1. The standard InChI is InChI=1S/C10H20N2O4/c1-8(13)4-6-11(2)10(16)12(3)7-5-9(14)15/h8,13H,4-7H2,1-3H3,(H,14,15). The SMILES string of the molecule is CC(O)CCN(C)C(=O)N(C)CCC(=O)O. The van der Waals surface area contributed by atoms with Crippen molar-refractivity contribution in [3.05, 3.63) is 0 Å². The summed E-state index contributed by atoms with van der Waals surface area (Å²) in [7, 11) is 3.19. The first kappa shape index (κ1) is 14.7. The second-order valence-electron chi connectivity index (χ2n) is 3.91. The van der Waals surface area contributed by atoms with Crippen LogP contribution in [0.5, 0.6) is 0 Å². The normalized spacial score (nSPS) is 12.0. The highest BCUT2D eigenvalue weighted by atomic mass is 16.4. The van der Waals surface area contributed by atoms with Gasteiger partial charge in [0.15, 0.2) is 0 Å². The van der Waals surface area contributed by atoms with E-state index >= 15 is 0 Å². The number of hydrogen-bond donors (Lipinski definition) is 2. The molecule has 0 aromatic rings. The van der Waals surface area contributed by atoms with Crippen LogP contribution in [0.2, 0.25) is 0 Å². The predicted octanol–water partition coefficient (Wildman–Crippen LogP) is 0.216. The smallest absolute Gasteiger partial charge is 0.319 e. The van der Waals surface area contributed by atoms with Gasteiger partial charge in [0.25, 0.3) is 0 Å². The first-order chi connectivity index (χ1) is 7.34. The number of carbonyl (C=O) groups is 2. The van der Waals surface area contributed by atoms with E-state index in [1.54, 1.807) is 21.0 Å². The molecule has 0 fully saturated rings. The number of aliphatic hydroxyl groups is 1. The largest absolute Gasteiger partial charge is 0.481 e. The van der Waals surface area contributed by atoms with Crippen molar-refractivity contribution >= 4 is 12.0 Å². The molecule has 1 atom stereocenters. The monoisotopic (exact) mass is 232 g/mol. The third-order valence-corrected chi connectivity index (χ3v) is 2.20. The van der Waals surface area contributed by atoms with Crippen LogP contribution in [-0.4, -0.2) is 65.3 Å². The van der Waals surface area contributed by atoms with E-state index in [-0.39, 0.29) is 19.0 Å². The molecule has 0 radical (unpaired) electrons. The van der Waals surface area contributed by atoms with Crippen LogP contribution in [0.1, 0.15) is 19.8 Å². The van der Waals surface area contributed by atoms with Crippen LogP contribution in [0.3, 0.4) is 0 Å². The third kappa shape index (κ3) is 6.23. The number of carboxylic acids is 1. The summed E-state index contributed by atoms with van der Waals surface area (Å²) in [6.07, 6.45) is 0.00109. The summed E-state index contributed by atoms with van der Waals surface area (Å²) in [4.78, 5) is 24.8. The van der Waals surface area contributed by atoms with Crippen LogP contribution in [-0.2, 0) is 4.79 Å². The van der Waals surface area contributed by atoms with Crippen molar-refractivity contribution in [1.29, 1.82) is 0 Å². The highest BCUT2D eigenvalue weighted by Crippen LogP contribution is 1.99. The number of amides is 2. The Kier molecular flexibility index (Phi) is 6.48. The van der Waals surface area contributed by atoms with Crippen LogP contribution < -0.4 is 0 Å². The molecule has 0 bridgehead atoms. The zero-order chi connectivity index (χ0) is 12.7. The number of aliphatic hydroxyl groups excluding tert-OH is 1. The molecule has 2 amide bonds. The zero-order valence-electron chi connectivity index (χ0n) is 10.0. The van der Waals surface area contributed by atoms with E-state index < -0.39 is 12.1 Å². The number of aliphatic carboxylic acids is 1. The van der Waals surface area contributed by atoms with Crippen molar-refractivity contribution < 1.29 is 19.8 Å². The van der Waals surface area contributed by atoms with E-state index in [0.29, 0.717) is 13.0 Å². The van der Waals surface area contributed by atoms with Gasteiger partial charge in [-0.3, -0.25) is 4.79 Å². The lowest BCUT2D eigenvalue weighted by atomic mass is 10.3. The van der Waals surface area contributed by atoms with Crippen LogP contribution in [0.25, 0.3) is 0 Å². The molecule has 0 heterocycles. The van der Waals surface area contributed by atoms with E-state index in [2.05, 4.69) is 0 Å². The van der Waals surface area contributed by atoms with Gasteiger partial charge in [0.05, 0.1) is 12.5 Å². The van der Waals surface area contributed by atoms with Crippen molar-refractivity contribution in [3.63, 3.8) is 0 Å². The van der Waals surface area contributed by atoms with Gasteiger partial charge < -0.3 is 20.0 Å². The molecule has 94 valence electrons. The van der Waals surface area contributed by atoms with E-state index in [4.69, 9.17) is 10.2 Å². The summed E-state index contributed by atoms with van der Waals surface area (Å²) in [5.74, 6) is -0.925. The van der Waals surface area contributed by atoms with Gasteiger partial charge in [-0.05, 0) is 13.3 Å². The molecule has 0 aromatic heterocycles. The Labute approximate surface area is 95.5 Å². The maximum absolute atomic E-state index is 11.6. The summed E-state index contributed by atoms with van der Waals surface area (Å²) < 4.78 is 0. The van der Waals surface area contributed by atoms with Crippen molar-refractivity contribution in [2.24, 2.45) is 0 Å². The molecule has 0 spiro atoms. The van der Waals surface area contributed by atoms with Gasteiger partial charge >= 0.3 is 12.0 Å². The Morgan fingerprint density at radius 1 is 1.19 bits per heavy atom. The highest BCUT2D eigenvalue weighted by Gasteiger charge is 2.14. The molecular formula is C10H20N2O4. The topological polar surface area (TPSA) is 81.1 Å². The zero-order valence-corrected chi connectivity index (χ0v) is 10.0. The van der Waals surface area contributed by atoms with E-state index in [0.717, 1.165) is 0 Å². The summed E-state index contributed by atoms with van der Waals surface area (Å²) >= 11 is 0. The number of carboxylic acid groups (broad SMARTS) is 1. The minimum atomic E-state index is -0.925. The lowest BCUT2D eigenvalue weighted by Crippen LogP contribution is -2.40. The first-order valence-corrected chi connectivity index (χ1v) is 5.20. The number of urea groups is 1. The molecule has 0 saturated heterocycles. The summed E-state index contributed by atoms with van der Waals surface area (Å²) in [6.45, 7) is 2.30. The number of rotatable bonds is 6. The fraction of sp³-hybridized carbons (Fsp3) is 0.800. The average molecular weight is 232 g/mol. The Hall–Kier alpha value is -1.30. The minimum Gasteiger partial charge on any atom is -0.481 e. The maximum atomic E-state index is 11.6. The second kappa shape index (κ2) is 7.05. The van der Waals surface area contributed by atoms with Crippen LogP contribution in [0.4, 0.5) is 4.79 Å². The lowest BCUT2D eigenvalue weighted by Gasteiger charge is -2.24.